The van der Waals surface area contributed by atoms with Crippen molar-refractivity contribution >= 4 is 11.9 Å². The van der Waals surface area contributed by atoms with Gasteiger partial charge in [0.25, 0.3) is 0 Å². The van der Waals surface area contributed by atoms with Crippen molar-refractivity contribution in [3.8, 4) is 5.69 Å². The monoisotopic (exact) mass is 359 g/mol. The van der Waals surface area contributed by atoms with E-state index >= 15 is 0 Å². The molecule has 7 nitrogen and oxygen atoms in total. The predicted octanol–water partition coefficient (Wildman–Crippen LogP) is 1.68. The van der Waals surface area contributed by atoms with Gasteiger partial charge in [0, 0.05) is 24.9 Å². The Morgan fingerprint density at radius 2 is 1.85 bits per heavy atom. The van der Waals surface area contributed by atoms with Crippen molar-refractivity contribution in [1.82, 2.24) is 14.7 Å². The Bertz CT molecular complexity index is 756. The number of carbonyl (C=O) groups is 2. The number of methoxy groups -OCH3 is 2. The largest absolute Gasteiger partial charge is 0.468 e. The summed E-state index contributed by atoms with van der Waals surface area (Å²) in [4.78, 5) is 25.8. The van der Waals surface area contributed by atoms with Gasteiger partial charge in [-0.25, -0.2) is 4.68 Å². The van der Waals surface area contributed by atoms with Gasteiger partial charge in [0.15, 0.2) is 0 Å². The quantitative estimate of drug-likeness (QED) is 0.671. The van der Waals surface area contributed by atoms with E-state index in [4.69, 9.17) is 4.74 Å². The summed E-state index contributed by atoms with van der Waals surface area (Å²) >= 11 is 0. The molecule has 7 heteroatoms. The normalized spacial score (nSPS) is 10.6. The van der Waals surface area contributed by atoms with Crippen molar-refractivity contribution in [3.05, 3.63) is 47.3 Å². The molecule has 140 valence electrons. The molecule has 0 unspecified atom stereocenters. The molecule has 0 saturated carbocycles. The maximum absolute atomic E-state index is 12.7. The summed E-state index contributed by atoms with van der Waals surface area (Å²) in [5.74, 6) is -0.617. The third-order valence-corrected chi connectivity index (χ3v) is 4.24. The molecule has 0 aliphatic heterocycles. The van der Waals surface area contributed by atoms with E-state index in [9.17, 15) is 9.59 Å². The van der Waals surface area contributed by atoms with Gasteiger partial charge >= 0.3 is 5.97 Å². The second kappa shape index (κ2) is 9.15. The van der Waals surface area contributed by atoms with Crippen LogP contribution in [0.15, 0.2) is 30.3 Å². The van der Waals surface area contributed by atoms with Crippen LogP contribution in [0.3, 0.4) is 0 Å². The van der Waals surface area contributed by atoms with Crippen molar-refractivity contribution < 1.29 is 19.1 Å². The Balaban J connectivity index is 2.21. The van der Waals surface area contributed by atoms with Gasteiger partial charge in [0.2, 0.25) is 5.91 Å². The summed E-state index contributed by atoms with van der Waals surface area (Å²) in [7, 11) is 2.86. The Labute approximate surface area is 153 Å². The predicted molar refractivity (Wildman–Crippen MR) is 97.2 cm³/mol. The molecular formula is C19H25N3O4. The average molecular weight is 359 g/mol. The van der Waals surface area contributed by atoms with Gasteiger partial charge in [-0.1, -0.05) is 18.2 Å². The lowest BCUT2D eigenvalue weighted by atomic mass is 10.1. The molecule has 0 N–H and O–H groups in total. The number of hydrogen-bond donors (Lipinski definition) is 0. The molecule has 1 heterocycles. The lowest BCUT2D eigenvalue weighted by molar-refractivity contribution is -0.147. The minimum absolute atomic E-state index is 0.0936. The number of aromatic nitrogens is 2. The average Bonchev–Trinajstić information content (AvgIpc) is 2.93. The molecule has 0 radical (unpaired) electrons. The number of para-hydroxylation sites is 1. The zero-order valence-electron chi connectivity index (χ0n) is 15.7. The van der Waals surface area contributed by atoms with Crippen LogP contribution in [0.1, 0.15) is 17.0 Å². The first kappa shape index (κ1) is 19.7. The van der Waals surface area contributed by atoms with E-state index in [0.717, 1.165) is 22.6 Å². The number of esters is 1. The number of rotatable bonds is 8. The highest BCUT2D eigenvalue weighted by Gasteiger charge is 2.21. The number of nitrogens with zero attached hydrogens (tertiary/aromatic N) is 3. The second-order valence-corrected chi connectivity index (χ2v) is 5.96. The van der Waals surface area contributed by atoms with E-state index in [1.165, 1.54) is 12.0 Å². The van der Waals surface area contributed by atoms with Gasteiger partial charge < -0.3 is 14.4 Å². The summed E-state index contributed by atoms with van der Waals surface area (Å²) in [5, 5.41) is 4.56. The molecule has 2 aromatic rings. The smallest absolute Gasteiger partial charge is 0.325 e. The van der Waals surface area contributed by atoms with Crippen LogP contribution in [-0.2, 0) is 25.5 Å². The third kappa shape index (κ3) is 4.70. The zero-order valence-corrected chi connectivity index (χ0v) is 15.7. The molecule has 0 saturated heterocycles. The van der Waals surface area contributed by atoms with Crippen LogP contribution in [-0.4, -0.2) is 60.5 Å². The minimum Gasteiger partial charge on any atom is -0.468 e. The molecule has 0 atom stereocenters. The summed E-state index contributed by atoms with van der Waals surface area (Å²) in [6.45, 7) is 4.41. The Kier molecular flexibility index (Phi) is 6.91. The summed E-state index contributed by atoms with van der Waals surface area (Å²) < 4.78 is 11.5. The highest BCUT2D eigenvalue weighted by molar-refractivity contribution is 5.84. The van der Waals surface area contributed by atoms with Crippen molar-refractivity contribution in [3.63, 3.8) is 0 Å². The van der Waals surface area contributed by atoms with Crippen molar-refractivity contribution in [1.29, 1.82) is 0 Å². The maximum Gasteiger partial charge on any atom is 0.325 e. The molecular weight excluding hydrogens is 334 g/mol. The second-order valence-electron chi connectivity index (χ2n) is 5.96. The Morgan fingerprint density at radius 1 is 1.15 bits per heavy atom. The fourth-order valence-corrected chi connectivity index (χ4v) is 2.73. The molecule has 0 spiro atoms. The van der Waals surface area contributed by atoms with E-state index < -0.39 is 5.97 Å². The van der Waals surface area contributed by atoms with E-state index in [1.54, 1.807) is 7.11 Å². The van der Waals surface area contributed by atoms with Crippen molar-refractivity contribution in [2.24, 2.45) is 0 Å². The minimum atomic E-state index is -0.456. The molecule has 2 rings (SSSR count). The van der Waals surface area contributed by atoms with Gasteiger partial charge in [0.05, 0.1) is 31.5 Å². The topological polar surface area (TPSA) is 73.7 Å². The Morgan fingerprint density at radius 3 is 2.46 bits per heavy atom. The summed E-state index contributed by atoms with van der Waals surface area (Å²) in [6.07, 6.45) is 0.172. The van der Waals surface area contributed by atoms with Crippen LogP contribution >= 0.6 is 0 Å². The summed E-state index contributed by atoms with van der Waals surface area (Å²) in [6, 6.07) is 9.76. The maximum atomic E-state index is 12.7. The number of amides is 1. The number of ether oxygens (including phenoxy) is 2. The fourth-order valence-electron chi connectivity index (χ4n) is 2.73. The Hall–Kier alpha value is -2.67. The number of hydrogen-bond acceptors (Lipinski definition) is 5. The van der Waals surface area contributed by atoms with Gasteiger partial charge in [-0.05, 0) is 26.0 Å². The highest BCUT2D eigenvalue weighted by Crippen LogP contribution is 2.19. The van der Waals surface area contributed by atoms with Crippen LogP contribution in [0.5, 0.6) is 0 Å². The van der Waals surface area contributed by atoms with Crippen LogP contribution in [0.25, 0.3) is 5.69 Å². The molecule has 0 bridgehead atoms. The fraction of sp³-hybridized carbons (Fsp3) is 0.421. The van der Waals surface area contributed by atoms with Crippen molar-refractivity contribution in [2.45, 2.75) is 20.3 Å². The van der Waals surface area contributed by atoms with Crippen LogP contribution in [0.4, 0.5) is 0 Å². The standard InChI is InChI=1S/C19H25N3O4/c1-14-17(15(2)22(20-14)16-8-6-5-7-9-16)12-18(23)21(10-11-25-3)13-19(24)26-4/h5-9H,10-13H2,1-4H3. The van der Waals surface area contributed by atoms with E-state index in [2.05, 4.69) is 9.84 Å². The lowest BCUT2D eigenvalue weighted by Crippen LogP contribution is -2.39. The lowest BCUT2D eigenvalue weighted by Gasteiger charge is -2.21. The van der Waals surface area contributed by atoms with Gasteiger partial charge in [-0.3, -0.25) is 9.59 Å². The SMILES string of the molecule is COCCN(CC(=O)OC)C(=O)Cc1c(C)nn(-c2ccccc2)c1C. The molecule has 0 fully saturated rings. The van der Waals surface area contributed by atoms with Crippen LogP contribution in [0, 0.1) is 13.8 Å². The van der Waals surface area contributed by atoms with Gasteiger partial charge in [0.1, 0.15) is 6.54 Å². The molecule has 1 aromatic carbocycles. The van der Waals surface area contributed by atoms with Crippen LogP contribution < -0.4 is 0 Å². The first-order valence-corrected chi connectivity index (χ1v) is 8.42. The molecule has 0 aliphatic carbocycles. The summed E-state index contributed by atoms with van der Waals surface area (Å²) in [5.41, 5.74) is 3.51. The van der Waals surface area contributed by atoms with Crippen LogP contribution in [0.2, 0.25) is 0 Å². The highest BCUT2D eigenvalue weighted by atomic mass is 16.5. The molecule has 1 aromatic heterocycles. The number of benzene rings is 1. The van der Waals surface area contributed by atoms with Gasteiger partial charge in [-0.15, -0.1) is 0 Å². The van der Waals surface area contributed by atoms with E-state index in [1.807, 2.05) is 48.9 Å². The number of aryl methyl sites for hydroxylation is 1. The van der Waals surface area contributed by atoms with E-state index in [-0.39, 0.29) is 18.9 Å². The first-order valence-electron chi connectivity index (χ1n) is 8.42. The molecule has 1 amide bonds. The zero-order chi connectivity index (χ0) is 19.1. The van der Waals surface area contributed by atoms with E-state index in [0.29, 0.717) is 13.2 Å². The molecule has 0 aliphatic rings. The first-order chi connectivity index (χ1) is 12.5. The third-order valence-electron chi connectivity index (χ3n) is 4.24. The molecule has 26 heavy (non-hydrogen) atoms. The number of carbonyl (C=O) groups excluding carboxylic acids is 2. The van der Waals surface area contributed by atoms with Gasteiger partial charge in [-0.2, -0.15) is 5.10 Å². The van der Waals surface area contributed by atoms with Crippen molar-refractivity contribution in [2.75, 3.05) is 33.9 Å².